The molecule has 1 atom stereocenters. The van der Waals surface area contributed by atoms with Crippen molar-refractivity contribution in [1.29, 1.82) is 0 Å². The molecule has 2 N–H and O–H groups in total. The van der Waals surface area contributed by atoms with E-state index in [-0.39, 0.29) is 24.3 Å². The number of rotatable bonds is 8. The number of fused-ring (bicyclic) bond motifs is 1. The van der Waals surface area contributed by atoms with Gasteiger partial charge in [-0.3, -0.25) is 19.5 Å². The Labute approximate surface area is 176 Å². The Bertz CT molecular complexity index is 849. The van der Waals surface area contributed by atoms with Gasteiger partial charge in [-0.05, 0) is 42.5 Å². The minimum absolute atomic E-state index is 0.0488. The SMILES string of the molecule is O=C(C[C@H]1C(=O)NCCN1C1Cc2ccccc2C1)NCCCOc1cccnc1. The van der Waals surface area contributed by atoms with Crippen LogP contribution in [0.4, 0.5) is 0 Å². The maximum Gasteiger partial charge on any atom is 0.237 e. The van der Waals surface area contributed by atoms with Gasteiger partial charge < -0.3 is 15.4 Å². The third kappa shape index (κ3) is 4.97. The zero-order valence-corrected chi connectivity index (χ0v) is 17.0. The Morgan fingerprint density at radius 3 is 2.73 bits per heavy atom. The zero-order valence-electron chi connectivity index (χ0n) is 17.0. The molecule has 1 aliphatic carbocycles. The second kappa shape index (κ2) is 9.71. The minimum Gasteiger partial charge on any atom is -0.492 e. The number of ether oxygens (including phenoxy) is 1. The summed E-state index contributed by atoms with van der Waals surface area (Å²) in [6.07, 6.45) is 6.11. The smallest absolute Gasteiger partial charge is 0.237 e. The van der Waals surface area contributed by atoms with E-state index in [4.69, 9.17) is 4.74 Å². The van der Waals surface area contributed by atoms with E-state index >= 15 is 0 Å². The number of benzene rings is 1. The molecule has 0 spiro atoms. The number of hydrogen-bond donors (Lipinski definition) is 2. The maximum absolute atomic E-state index is 12.5. The molecule has 7 heteroatoms. The van der Waals surface area contributed by atoms with Gasteiger partial charge in [0.2, 0.25) is 11.8 Å². The third-order valence-corrected chi connectivity index (χ3v) is 5.80. The topological polar surface area (TPSA) is 83.6 Å². The molecule has 1 aliphatic heterocycles. The normalized spacial score (nSPS) is 19.2. The fraction of sp³-hybridized carbons (Fsp3) is 0.435. The Hall–Kier alpha value is -2.93. The van der Waals surface area contributed by atoms with Crippen LogP contribution >= 0.6 is 0 Å². The summed E-state index contributed by atoms with van der Waals surface area (Å²) in [5, 5.41) is 5.84. The average Bonchev–Trinajstić information content (AvgIpc) is 3.20. The first kappa shape index (κ1) is 20.3. The molecule has 1 fully saturated rings. The van der Waals surface area contributed by atoms with Crippen LogP contribution in [0.1, 0.15) is 24.0 Å². The van der Waals surface area contributed by atoms with Gasteiger partial charge in [-0.2, -0.15) is 0 Å². The molecule has 0 radical (unpaired) electrons. The molecule has 2 heterocycles. The second-order valence-electron chi connectivity index (χ2n) is 7.82. The highest BCUT2D eigenvalue weighted by atomic mass is 16.5. The predicted molar refractivity (Wildman–Crippen MR) is 113 cm³/mol. The number of nitrogens with one attached hydrogen (secondary N) is 2. The number of aromatic nitrogens is 1. The van der Waals surface area contributed by atoms with Gasteiger partial charge in [0.25, 0.3) is 0 Å². The van der Waals surface area contributed by atoms with Crippen LogP contribution in [0.15, 0.2) is 48.8 Å². The van der Waals surface area contributed by atoms with Crippen molar-refractivity contribution in [3.8, 4) is 5.75 Å². The van der Waals surface area contributed by atoms with Crippen molar-refractivity contribution in [1.82, 2.24) is 20.5 Å². The van der Waals surface area contributed by atoms with E-state index in [9.17, 15) is 9.59 Å². The van der Waals surface area contributed by atoms with Crippen molar-refractivity contribution in [2.75, 3.05) is 26.2 Å². The molecule has 0 saturated carbocycles. The van der Waals surface area contributed by atoms with E-state index in [1.807, 2.05) is 12.1 Å². The highest BCUT2D eigenvalue weighted by Crippen LogP contribution is 2.28. The first-order valence-electron chi connectivity index (χ1n) is 10.6. The Kier molecular flexibility index (Phi) is 6.59. The highest BCUT2D eigenvalue weighted by Gasteiger charge is 2.37. The van der Waals surface area contributed by atoms with Gasteiger partial charge in [0.1, 0.15) is 5.75 Å². The van der Waals surface area contributed by atoms with E-state index in [0.717, 1.165) is 25.1 Å². The van der Waals surface area contributed by atoms with E-state index in [2.05, 4.69) is 44.8 Å². The van der Waals surface area contributed by atoms with Crippen molar-refractivity contribution in [2.45, 2.75) is 37.8 Å². The number of nitrogens with zero attached hydrogens (tertiary/aromatic N) is 2. The number of amides is 2. The lowest BCUT2D eigenvalue weighted by molar-refractivity contribution is -0.135. The molecule has 1 saturated heterocycles. The van der Waals surface area contributed by atoms with E-state index < -0.39 is 6.04 Å². The zero-order chi connectivity index (χ0) is 20.8. The van der Waals surface area contributed by atoms with Gasteiger partial charge in [0.15, 0.2) is 0 Å². The van der Waals surface area contributed by atoms with E-state index in [1.165, 1.54) is 11.1 Å². The van der Waals surface area contributed by atoms with Crippen molar-refractivity contribution >= 4 is 11.8 Å². The fourth-order valence-corrected chi connectivity index (χ4v) is 4.32. The molecule has 0 unspecified atom stereocenters. The molecule has 1 aromatic carbocycles. The van der Waals surface area contributed by atoms with Crippen molar-refractivity contribution in [3.63, 3.8) is 0 Å². The number of pyridine rings is 1. The second-order valence-corrected chi connectivity index (χ2v) is 7.82. The average molecular weight is 409 g/mol. The quantitative estimate of drug-likeness (QED) is 0.644. The molecular formula is C23H28N4O3. The number of piperazine rings is 1. The summed E-state index contributed by atoms with van der Waals surface area (Å²) in [7, 11) is 0. The van der Waals surface area contributed by atoms with Crippen LogP contribution in [0.2, 0.25) is 0 Å². The summed E-state index contributed by atoms with van der Waals surface area (Å²) in [6.45, 7) is 2.43. The summed E-state index contributed by atoms with van der Waals surface area (Å²) in [5.74, 6) is 0.571. The van der Waals surface area contributed by atoms with Crippen LogP contribution in [0, 0.1) is 0 Å². The molecule has 2 amide bonds. The molecular weight excluding hydrogens is 380 g/mol. The van der Waals surface area contributed by atoms with Gasteiger partial charge in [-0.1, -0.05) is 24.3 Å². The molecule has 158 valence electrons. The van der Waals surface area contributed by atoms with Gasteiger partial charge in [0.05, 0.1) is 25.3 Å². The molecule has 2 aromatic rings. The van der Waals surface area contributed by atoms with Gasteiger partial charge in [-0.25, -0.2) is 0 Å². The molecule has 30 heavy (non-hydrogen) atoms. The fourth-order valence-electron chi connectivity index (χ4n) is 4.32. The van der Waals surface area contributed by atoms with Crippen LogP contribution in [-0.4, -0.2) is 60.0 Å². The Balaban J connectivity index is 1.25. The summed E-state index contributed by atoms with van der Waals surface area (Å²) < 4.78 is 5.58. The van der Waals surface area contributed by atoms with E-state index in [0.29, 0.717) is 26.1 Å². The van der Waals surface area contributed by atoms with Crippen LogP contribution in [0.3, 0.4) is 0 Å². The first-order valence-corrected chi connectivity index (χ1v) is 10.6. The molecule has 4 rings (SSSR count). The van der Waals surface area contributed by atoms with Gasteiger partial charge in [-0.15, -0.1) is 0 Å². The standard InChI is InChI=1S/C23H28N4O3/c28-22(25-9-4-12-30-20-7-3-8-24-16-20)15-21-23(29)26-10-11-27(21)19-13-17-5-1-2-6-18(17)14-19/h1-3,5-8,16,19,21H,4,9-15H2,(H,25,28)(H,26,29)/t21-/m0/s1. The van der Waals surface area contributed by atoms with Gasteiger partial charge >= 0.3 is 0 Å². The molecule has 2 aliphatic rings. The lowest BCUT2D eigenvalue weighted by Crippen LogP contribution is -2.59. The predicted octanol–water partition coefficient (Wildman–Crippen LogP) is 1.32. The molecule has 7 nitrogen and oxygen atoms in total. The Morgan fingerprint density at radius 2 is 2.00 bits per heavy atom. The Morgan fingerprint density at radius 1 is 1.20 bits per heavy atom. The number of carbonyl (C=O) groups excluding carboxylic acids is 2. The largest absolute Gasteiger partial charge is 0.492 e. The van der Waals surface area contributed by atoms with Crippen molar-refractivity contribution < 1.29 is 14.3 Å². The van der Waals surface area contributed by atoms with Crippen LogP contribution in [-0.2, 0) is 22.4 Å². The minimum atomic E-state index is -0.412. The van der Waals surface area contributed by atoms with Crippen molar-refractivity contribution in [3.05, 3.63) is 59.9 Å². The number of carbonyl (C=O) groups is 2. The lowest BCUT2D eigenvalue weighted by atomic mass is 10.0. The van der Waals surface area contributed by atoms with Crippen LogP contribution < -0.4 is 15.4 Å². The summed E-state index contributed by atoms with van der Waals surface area (Å²) >= 11 is 0. The van der Waals surface area contributed by atoms with Crippen LogP contribution in [0.25, 0.3) is 0 Å². The summed E-state index contributed by atoms with van der Waals surface area (Å²) in [5.41, 5.74) is 2.70. The monoisotopic (exact) mass is 408 g/mol. The maximum atomic E-state index is 12.5. The summed E-state index contributed by atoms with van der Waals surface area (Å²) in [4.78, 5) is 31.3. The number of hydrogen-bond acceptors (Lipinski definition) is 5. The molecule has 0 bridgehead atoms. The lowest BCUT2D eigenvalue weighted by Gasteiger charge is -2.38. The first-order chi connectivity index (χ1) is 14.7. The third-order valence-electron chi connectivity index (χ3n) is 5.80. The van der Waals surface area contributed by atoms with Gasteiger partial charge in [0, 0.05) is 31.9 Å². The van der Waals surface area contributed by atoms with Crippen LogP contribution in [0.5, 0.6) is 5.75 Å². The summed E-state index contributed by atoms with van der Waals surface area (Å²) in [6, 6.07) is 12.0. The molecule has 1 aromatic heterocycles. The highest BCUT2D eigenvalue weighted by molar-refractivity contribution is 5.88. The van der Waals surface area contributed by atoms with E-state index in [1.54, 1.807) is 12.4 Å². The van der Waals surface area contributed by atoms with Crippen molar-refractivity contribution in [2.24, 2.45) is 0 Å².